The first-order chi connectivity index (χ1) is 9.24. The van der Waals surface area contributed by atoms with E-state index in [2.05, 4.69) is 4.90 Å². The second-order valence-corrected chi connectivity index (χ2v) is 6.51. The van der Waals surface area contributed by atoms with E-state index in [1.165, 1.54) is 71.0 Å². The maximum atomic E-state index is 10.6. The molecule has 0 atom stereocenters. The van der Waals surface area contributed by atoms with E-state index in [-0.39, 0.29) is 0 Å². The maximum absolute atomic E-state index is 10.6. The van der Waals surface area contributed by atoms with Crippen LogP contribution in [0.2, 0.25) is 0 Å². The van der Waals surface area contributed by atoms with Gasteiger partial charge in [0, 0.05) is 6.42 Å². The number of likely N-dealkylation sites (tertiary alicyclic amines) is 1. The molecule has 1 saturated heterocycles. The molecule has 0 amide bonds. The van der Waals surface area contributed by atoms with Gasteiger partial charge in [0.2, 0.25) is 0 Å². The molecular weight excluding hydrogens is 238 g/mol. The van der Waals surface area contributed by atoms with Crippen molar-refractivity contribution in [3.8, 4) is 0 Å². The average molecular weight is 267 g/mol. The van der Waals surface area contributed by atoms with Gasteiger partial charge in [-0.1, -0.05) is 32.1 Å². The molecular formula is C16H29NO2. The number of carbonyl (C=O) groups is 1. The Hall–Kier alpha value is -0.570. The second-order valence-electron chi connectivity index (χ2n) is 6.51. The van der Waals surface area contributed by atoms with Crippen LogP contribution in [0.1, 0.15) is 64.2 Å². The molecule has 0 radical (unpaired) electrons. The van der Waals surface area contributed by atoms with Crippen molar-refractivity contribution in [3.63, 3.8) is 0 Å². The van der Waals surface area contributed by atoms with Crippen molar-refractivity contribution in [1.82, 2.24) is 4.90 Å². The first-order valence-corrected chi connectivity index (χ1v) is 8.18. The van der Waals surface area contributed by atoms with E-state index in [1.807, 2.05) is 0 Å². The van der Waals surface area contributed by atoms with Crippen molar-refractivity contribution in [2.24, 2.45) is 11.8 Å². The van der Waals surface area contributed by atoms with E-state index in [9.17, 15) is 4.79 Å². The molecule has 1 heterocycles. The van der Waals surface area contributed by atoms with Gasteiger partial charge >= 0.3 is 5.97 Å². The predicted molar refractivity (Wildman–Crippen MR) is 77.2 cm³/mol. The highest BCUT2D eigenvalue weighted by atomic mass is 16.4. The van der Waals surface area contributed by atoms with Gasteiger partial charge in [-0.15, -0.1) is 0 Å². The largest absolute Gasteiger partial charge is 0.481 e. The number of nitrogens with zero attached hydrogens (tertiary/aromatic N) is 1. The van der Waals surface area contributed by atoms with Crippen molar-refractivity contribution >= 4 is 5.97 Å². The third-order valence-electron chi connectivity index (χ3n) is 5.05. The molecule has 0 aromatic heterocycles. The SMILES string of the molecule is O=C(O)CCC1CCN(CCC2CCCCC2)CC1. The maximum Gasteiger partial charge on any atom is 0.303 e. The molecule has 3 heteroatoms. The van der Waals surface area contributed by atoms with Crippen LogP contribution in [0.3, 0.4) is 0 Å². The molecule has 1 aliphatic heterocycles. The molecule has 0 unspecified atom stereocenters. The van der Waals surface area contributed by atoms with Gasteiger partial charge in [0.25, 0.3) is 0 Å². The van der Waals surface area contributed by atoms with Gasteiger partial charge in [-0.3, -0.25) is 4.79 Å². The summed E-state index contributed by atoms with van der Waals surface area (Å²) in [6.07, 6.45) is 12.3. The van der Waals surface area contributed by atoms with E-state index >= 15 is 0 Å². The van der Waals surface area contributed by atoms with Crippen LogP contribution in [0, 0.1) is 11.8 Å². The van der Waals surface area contributed by atoms with Crippen LogP contribution >= 0.6 is 0 Å². The predicted octanol–water partition coefficient (Wildman–Crippen LogP) is 3.53. The molecule has 0 bridgehead atoms. The van der Waals surface area contributed by atoms with Crippen molar-refractivity contribution in [1.29, 1.82) is 0 Å². The third kappa shape index (κ3) is 5.52. The van der Waals surface area contributed by atoms with E-state index in [4.69, 9.17) is 5.11 Å². The lowest BCUT2D eigenvalue weighted by molar-refractivity contribution is -0.137. The third-order valence-corrected chi connectivity index (χ3v) is 5.05. The fourth-order valence-corrected chi connectivity index (χ4v) is 3.67. The molecule has 0 spiro atoms. The monoisotopic (exact) mass is 267 g/mol. The molecule has 1 aliphatic carbocycles. The van der Waals surface area contributed by atoms with E-state index in [0.29, 0.717) is 12.3 Å². The Bertz CT molecular complexity index is 266. The summed E-state index contributed by atoms with van der Waals surface area (Å²) in [5.74, 6) is 1.00. The fraction of sp³-hybridized carbons (Fsp3) is 0.938. The Morgan fingerprint density at radius 2 is 1.58 bits per heavy atom. The fourth-order valence-electron chi connectivity index (χ4n) is 3.67. The Labute approximate surface area is 117 Å². The lowest BCUT2D eigenvalue weighted by atomic mass is 9.86. The Balaban J connectivity index is 1.56. The van der Waals surface area contributed by atoms with Gasteiger partial charge in [-0.25, -0.2) is 0 Å². The summed E-state index contributed by atoms with van der Waals surface area (Å²) in [4.78, 5) is 13.2. The van der Waals surface area contributed by atoms with Gasteiger partial charge < -0.3 is 10.0 Å². The minimum atomic E-state index is -0.639. The van der Waals surface area contributed by atoms with Gasteiger partial charge in [-0.2, -0.15) is 0 Å². The van der Waals surface area contributed by atoms with Crippen LogP contribution in [0.4, 0.5) is 0 Å². The summed E-state index contributed by atoms with van der Waals surface area (Å²) in [7, 11) is 0. The minimum absolute atomic E-state index is 0.354. The van der Waals surface area contributed by atoms with Crippen LogP contribution in [-0.4, -0.2) is 35.6 Å². The highest BCUT2D eigenvalue weighted by Gasteiger charge is 2.21. The van der Waals surface area contributed by atoms with Crippen LogP contribution in [-0.2, 0) is 4.79 Å². The summed E-state index contributed by atoms with van der Waals surface area (Å²) in [5, 5.41) is 8.71. The number of carboxylic acids is 1. The Kier molecular flexibility index (Phi) is 6.15. The van der Waals surface area contributed by atoms with Crippen LogP contribution in [0.15, 0.2) is 0 Å². The van der Waals surface area contributed by atoms with Gasteiger partial charge in [0.15, 0.2) is 0 Å². The average Bonchev–Trinajstić information content (AvgIpc) is 2.45. The number of hydrogen-bond donors (Lipinski definition) is 1. The molecule has 19 heavy (non-hydrogen) atoms. The summed E-state index contributed by atoms with van der Waals surface area (Å²) in [5.41, 5.74) is 0. The first-order valence-electron chi connectivity index (χ1n) is 8.18. The standard InChI is InChI=1S/C16H29NO2/c18-16(19)7-6-15-9-12-17(13-10-15)11-8-14-4-2-1-3-5-14/h14-15H,1-13H2,(H,18,19). The smallest absolute Gasteiger partial charge is 0.303 e. The van der Waals surface area contributed by atoms with Crippen LogP contribution in [0.25, 0.3) is 0 Å². The summed E-state index contributed by atoms with van der Waals surface area (Å²) in [6.45, 7) is 3.66. The summed E-state index contributed by atoms with van der Waals surface area (Å²) < 4.78 is 0. The van der Waals surface area contributed by atoms with Gasteiger partial charge in [-0.05, 0) is 57.2 Å². The molecule has 2 rings (SSSR count). The van der Waals surface area contributed by atoms with E-state index in [0.717, 1.165) is 12.3 Å². The molecule has 0 aromatic rings. The molecule has 110 valence electrons. The summed E-state index contributed by atoms with van der Waals surface area (Å²) >= 11 is 0. The van der Waals surface area contributed by atoms with Gasteiger partial charge in [0.05, 0.1) is 0 Å². The van der Waals surface area contributed by atoms with Crippen LogP contribution in [0.5, 0.6) is 0 Å². The molecule has 0 aromatic carbocycles. The van der Waals surface area contributed by atoms with Crippen molar-refractivity contribution in [2.75, 3.05) is 19.6 Å². The number of aliphatic carboxylic acids is 1. The summed E-state index contributed by atoms with van der Waals surface area (Å²) in [6, 6.07) is 0. The van der Waals surface area contributed by atoms with E-state index in [1.54, 1.807) is 0 Å². The topological polar surface area (TPSA) is 40.5 Å². The quantitative estimate of drug-likeness (QED) is 0.800. The van der Waals surface area contributed by atoms with Crippen molar-refractivity contribution < 1.29 is 9.90 Å². The zero-order valence-corrected chi connectivity index (χ0v) is 12.1. The molecule has 1 saturated carbocycles. The normalized spacial score (nSPS) is 23.6. The minimum Gasteiger partial charge on any atom is -0.481 e. The van der Waals surface area contributed by atoms with E-state index < -0.39 is 5.97 Å². The van der Waals surface area contributed by atoms with Crippen LogP contribution < -0.4 is 0 Å². The number of hydrogen-bond acceptors (Lipinski definition) is 2. The lowest BCUT2D eigenvalue weighted by Crippen LogP contribution is -2.35. The highest BCUT2D eigenvalue weighted by molar-refractivity contribution is 5.66. The zero-order chi connectivity index (χ0) is 13.5. The molecule has 1 N–H and O–H groups in total. The number of rotatable bonds is 6. The van der Waals surface area contributed by atoms with Crippen molar-refractivity contribution in [3.05, 3.63) is 0 Å². The Morgan fingerprint density at radius 1 is 0.947 bits per heavy atom. The van der Waals surface area contributed by atoms with Gasteiger partial charge in [0.1, 0.15) is 0 Å². The highest BCUT2D eigenvalue weighted by Crippen LogP contribution is 2.27. The molecule has 3 nitrogen and oxygen atoms in total. The lowest BCUT2D eigenvalue weighted by Gasteiger charge is -2.33. The molecule has 2 aliphatic rings. The second kappa shape index (κ2) is 7.88. The molecule has 2 fully saturated rings. The first kappa shape index (κ1) is 14.8. The zero-order valence-electron chi connectivity index (χ0n) is 12.1. The number of piperidine rings is 1. The Morgan fingerprint density at radius 3 is 2.21 bits per heavy atom. The van der Waals surface area contributed by atoms with Crippen molar-refractivity contribution in [2.45, 2.75) is 64.2 Å². The number of carboxylic acid groups (broad SMARTS) is 1.